The lowest BCUT2D eigenvalue weighted by Gasteiger charge is -2.25. The first-order chi connectivity index (χ1) is 10.9. The predicted molar refractivity (Wildman–Crippen MR) is 91.5 cm³/mol. The van der Waals surface area contributed by atoms with Crippen molar-refractivity contribution >= 4 is 22.7 Å². The highest BCUT2D eigenvalue weighted by Gasteiger charge is 2.19. The molecule has 0 amide bonds. The summed E-state index contributed by atoms with van der Waals surface area (Å²) in [5.74, 6) is 1.92. The van der Waals surface area contributed by atoms with Gasteiger partial charge in [0.1, 0.15) is 5.82 Å². The molecule has 1 aromatic carbocycles. The van der Waals surface area contributed by atoms with Crippen LogP contribution in [0.25, 0.3) is 10.9 Å². The van der Waals surface area contributed by atoms with Crippen molar-refractivity contribution < 1.29 is 0 Å². The fraction of sp³-hybridized carbons (Fsp3) is 0.556. The first kappa shape index (κ1) is 13.8. The van der Waals surface area contributed by atoms with E-state index in [1.54, 1.807) is 0 Å². The maximum atomic E-state index is 4.88. The summed E-state index contributed by atoms with van der Waals surface area (Å²) in [5, 5.41) is 4.86. The summed E-state index contributed by atoms with van der Waals surface area (Å²) in [4.78, 5) is 12.0. The van der Waals surface area contributed by atoms with Crippen molar-refractivity contribution in [2.24, 2.45) is 0 Å². The lowest BCUT2D eigenvalue weighted by atomic mass is 9.95. The summed E-state index contributed by atoms with van der Waals surface area (Å²) in [7, 11) is 0. The summed E-state index contributed by atoms with van der Waals surface area (Å²) in [5.41, 5.74) is 1.05. The number of nitrogens with one attached hydrogen (secondary N) is 1. The molecule has 116 valence electrons. The number of rotatable bonds is 3. The van der Waals surface area contributed by atoms with Crippen molar-refractivity contribution in [2.75, 3.05) is 23.3 Å². The van der Waals surface area contributed by atoms with E-state index in [-0.39, 0.29) is 0 Å². The van der Waals surface area contributed by atoms with Crippen LogP contribution in [0.5, 0.6) is 0 Å². The van der Waals surface area contributed by atoms with Gasteiger partial charge in [-0.3, -0.25) is 0 Å². The van der Waals surface area contributed by atoms with Crippen LogP contribution in [0, 0.1) is 0 Å². The zero-order chi connectivity index (χ0) is 14.8. The van der Waals surface area contributed by atoms with Gasteiger partial charge in [0.15, 0.2) is 0 Å². The van der Waals surface area contributed by atoms with Gasteiger partial charge in [-0.15, -0.1) is 0 Å². The Labute approximate surface area is 131 Å². The molecule has 1 N–H and O–H groups in total. The van der Waals surface area contributed by atoms with Crippen LogP contribution >= 0.6 is 0 Å². The molecule has 0 radical (unpaired) electrons. The lowest BCUT2D eigenvalue weighted by molar-refractivity contribution is 0.462. The molecule has 2 fully saturated rings. The van der Waals surface area contributed by atoms with E-state index < -0.39 is 0 Å². The van der Waals surface area contributed by atoms with Gasteiger partial charge in [-0.25, -0.2) is 4.98 Å². The summed E-state index contributed by atoms with van der Waals surface area (Å²) >= 11 is 0. The molecule has 0 spiro atoms. The number of nitrogens with zero attached hydrogens (tertiary/aromatic N) is 3. The molecule has 1 aromatic heterocycles. The number of hydrogen-bond acceptors (Lipinski definition) is 4. The Morgan fingerprint density at radius 2 is 1.68 bits per heavy atom. The second kappa shape index (κ2) is 6.11. The number of fused-ring (bicyclic) bond motifs is 1. The van der Waals surface area contributed by atoms with E-state index in [0.29, 0.717) is 6.04 Å². The first-order valence-corrected chi connectivity index (χ1v) is 8.68. The van der Waals surface area contributed by atoms with E-state index in [1.165, 1.54) is 44.9 Å². The van der Waals surface area contributed by atoms with Crippen molar-refractivity contribution in [2.45, 2.75) is 51.0 Å². The predicted octanol–water partition coefficient (Wildman–Crippen LogP) is 3.97. The van der Waals surface area contributed by atoms with Crippen molar-refractivity contribution in [1.82, 2.24) is 9.97 Å². The molecule has 1 saturated carbocycles. The number of hydrogen-bond donors (Lipinski definition) is 1. The van der Waals surface area contributed by atoms with Gasteiger partial charge in [0, 0.05) is 24.5 Å². The average Bonchev–Trinajstić information content (AvgIpc) is 3.10. The van der Waals surface area contributed by atoms with E-state index in [1.807, 2.05) is 0 Å². The monoisotopic (exact) mass is 296 g/mol. The SMILES string of the molecule is c1ccc2c(NC3CCCCC3)nc(N3CCCC3)nc2c1. The van der Waals surface area contributed by atoms with Gasteiger partial charge in [0.05, 0.1) is 5.52 Å². The van der Waals surface area contributed by atoms with Crippen LogP contribution in [0.4, 0.5) is 11.8 Å². The van der Waals surface area contributed by atoms with E-state index in [0.717, 1.165) is 35.8 Å². The summed E-state index contributed by atoms with van der Waals surface area (Å²) < 4.78 is 0. The largest absolute Gasteiger partial charge is 0.367 e. The highest BCUT2D eigenvalue weighted by molar-refractivity contribution is 5.90. The molecule has 2 aliphatic rings. The second-order valence-electron chi connectivity index (χ2n) is 6.56. The third kappa shape index (κ3) is 2.74. The van der Waals surface area contributed by atoms with Gasteiger partial charge in [-0.1, -0.05) is 31.4 Å². The number of para-hydroxylation sites is 1. The number of anilines is 2. The molecule has 4 heteroatoms. The molecule has 0 unspecified atom stereocenters. The average molecular weight is 296 g/mol. The fourth-order valence-corrected chi connectivity index (χ4v) is 3.67. The van der Waals surface area contributed by atoms with Crippen LogP contribution in [-0.4, -0.2) is 29.1 Å². The normalized spacial score (nSPS) is 19.7. The van der Waals surface area contributed by atoms with Crippen LogP contribution < -0.4 is 10.2 Å². The van der Waals surface area contributed by atoms with E-state index >= 15 is 0 Å². The minimum atomic E-state index is 0.568. The van der Waals surface area contributed by atoms with Crippen LogP contribution in [0.2, 0.25) is 0 Å². The van der Waals surface area contributed by atoms with Crippen LogP contribution in [0.3, 0.4) is 0 Å². The zero-order valence-electron chi connectivity index (χ0n) is 13.1. The number of benzene rings is 1. The molecule has 0 atom stereocenters. The fourth-order valence-electron chi connectivity index (χ4n) is 3.67. The first-order valence-electron chi connectivity index (χ1n) is 8.68. The van der Waals surface area contributed by atoms with Crippen LogP contribution in [0.15, 0.2) is 24.3 Å². The topological polar surface area (TPSA) is 41.1 Å². The smallest absolute Gasteiger partial charge is 0.227 e. The van der Waals surface area contributed by atoms with Crippen molar-refractivity contribution in [3.63, 3.8) is 0 Å². The Kier molecular flexibility index (Phi) is 3.83. The Hall–Kier alpha value is -1.84. The van der Waals surface area contributed by atoms with E-state index in [4.69, 9.17) is 9.97 Å². The molecule has 0 bridgehead atoms. The summed E-state index contributed by atoms with van der Waals surface area (Å²) in [6.45, 7) is 2.17. The zero-order valence-corrected chi connectivity index (χ0v) is 13.1. The summed E-state index contributed by atoms with van der Waals surface area (Å²) in [6, 6.07) is 8.94. The Morgan fingerprint density at radius 3 is 2.50 bits per heavy atom. The van der Waals surface area contributed by atoms with Gasteiger partial charge in [-0.05, 0) is 37.8 Å². The third-order valence-electron chi connectivity index (χ3n) is 4.93. The molecule has 1 aliphatic carbocycles. The molecule has 1 aliphatic heterocycles. The molecule has 2 aromatic rings. The third-order valence-corrected chi connectivity index (χ3v) is 4.93. The van der Waals surface area contributed by atoms with E-state index in [9.17, 15) is 0 Å². The number of aromatic nitrogens is 2. The highest BCUT2D eigenvalue weighted by atomic mass is 15.3. The van der Waals surface area contributed by atoms with Gasteiger partial charge in [0.2, 0.25) is 5.95 Å². The van der Waals surface area contributed by atoms with Gasteiger partial charge in [0.25, 0.3) is 0 Å². The lowest BCUT2D eigenvalue weighted by Crippen LogP contribution is -2.25. The maximum absolute atomic E-state index is 4.88. The minimum absolute atomic E-state index is 0.568. The summed E-state index contributed by atoms with van der Waals surface area (Å²) in [6.07, 6.45) is 9.07. The van der Waals surface area contributed by atoms with Gasteiger partial charge >= 0.3 is 0 Å². The molecule has 4 nitrogen and oxygen atoms in total. The van der Waals surface area contributed by atoms with Crippen LogP contribution in [0.1, 0.15) is 44.9 Å². The van der Waals surface area contributed by atoms with Crippen molar-refractivity contribution in [3.8, 4) is 0 Å². The Bertz CT molecular complexity index is 643. The van der Waals surface area contributed by atoms with Crippen molar-refractivity contribution in [1.29, 1.82) is 0 Å². The second-order valence-corrected chi connectivity index (χ2v) is 6.56. The Morgan fingerprint density at radius 1 is 0.909 bits per heavy atom. The Balaban J connectivity index is 1.70. The molecule has 22 heavy (non-hydrogen) atoms. The quantitative estimate of drug-likeness (QED) is 0.930. The molecular weight excluding hydrogens is 272 g/mol. The molecular formula is C18H24N4. The minimum Gasteiger partial charge on any atom is -0.367 e. The van der Waals surface area contributed by atoms with Gasteiger partial charge < -0.3 is 10.2 Å². The molecule has 1 saturated heterocycles. The molecule has 2 heterocycles. The van der Waals surface area contributed by atoms with E-state index in [2.05, 4.69) is 34.5 Å². The van der Waals surface area contributed by atoms with Crippen LogP contribution in [-0.2, 0) is 0 Å². The van der Waals surface area contributed by atoms with Gasteiger partial charge in [-0.2, -0.15) is 4.98 Å². The highest BCUT2D eigenvalue weighted by Crippen LogP contribution is 2.28. The molecule has 4 rings (SSSR count). The maximum Gasteiger partial charge on any atom is 0.227 e. The van der Waals surface area contributed by atoms with Crippen molar-refractivity contribution in [3.05, 3.63) is 24.3 Å². The standard InChI is InChI=1S/C18H24N4/c1-2-8-14(9-3-1)19-17-15-10-4-5-11-16(15)20-18(21-17)22-12-6-7-13-22/h4-5,10-11,14H,1-3,6-9,12-13H2,(H,19,20,21).